The van der Waals surface area contributed by atoms with Gasteiger partial charge < -0.3 is 20.3 Å². The van der Waals surface area contributed by atoms with Crippen molar-refractivity contribution >= 4 is 23.2 Å². The van der Waals surface area contributed by atoms with E-state index < -0.39 is 11.8 Å². The van der Waals surface area contributed by atoms with Crippen molar-refractivity contribution in [1.82, 2.24) is 10.2 Å². The van der Waals surface area contributed by atoms with E-state index in [1.807, 2.05) is 0 Å². The molecule has 7 nitrogen and oxygen atoms in total. The molecule has 0 radical (unpaired) electrons. The minimum atomic E-state index is -0.715. The van der Waals surface area contributed by atoms with Crippen LogP contribution in [0.25, 0.3) is 0 Å². The first-order chi connectivity index (χ1) is 14.6. The lowest BCUT2D eigenvalue weighted by Gasteiger charge is -2.36. The van der Waals surface area contributed by atoms with Crippen LogP contribution in [0.15, 0.2) is 48.5 Å². The van der Waals surface area contributed by atoms with E-state index in [4.69, 9.17) is 4.74 Å². The molecule has 0 bridgehead atoms. The van der Waals surface area contributed by atoms with Gasteiger partial charge in [-0.15, -0.1) is 0 Å². The van der Waals surface area contributed by atoms with Crippen LogP contribution >= 0.6 is 0 Å². The summed E-state index contributed by atoms with van der Waals surface area (Å²) in [5.74, 6) is -1.11. The number of carbonyl (C=O) groups is 2. The number of hydrogen-bond acceptors (Lipinski definition) is 5. The maximum Gasteiger partial charge on any atom is 0.313 e. The minimum absolute atomic E-state index is 0.226. The highest BCUT2D eigenvalue weighted by Crippen LogP contribution is 2.22. The molecule has 30 heavy (non-hydrogen) atoms. The number of amides is 2. The van der Waals surface area contributed by atoms with Crippen molar-refractivity contribution in [2.45, 2.75) is 6.42 Å². The van der Waals surface area contributed by atoms with E-state index in [1.54, 1.807) is 36.4 Å². The molecule has 0 aliphatic carbocycles. The molecule has 1 aliphatic heterocycles. The van der Waals surface area contributed by atoms with Gasteiger partial charge in [-0.3, -0.25) is 14.5 Å². The molecule has 2 aromatic rings. The lowest BCUT2D eigenvalue weighted by molar-refractivity contribution is -0.136. The lowest BCUT2D eigenvalue weighted by atomic mass is 10.2. The third-order valence-corrected chi connectivity index (χ3v) is 5.06. The van der Waals surface area contributed by atoms with Gasteiger partial charge in [-0.25, -0.2) is 4.39 Å². The average Bonchev–Trinajstić information content (AvgIpc) is 2.78. The van der Waals surface area contributed by atoms with E-state index in [2.05, 4.69) is 20.4 Å². The Balaban J connectivity index is 1.33. The SMILES string of the molecule is COc1ccccc1NC(=O)C(=O)NCCCN1CCN(c2ccc(F)cc2)CC1. The van der Waals surface area contributed by atoms with Gasteiger partial charge in [-0.2, -0.15) is 0 Å². The number of nitrogens with zero attached hydrogens (tertiary/aromatic N) is 2. The summed E-state index contributed by atoms with van der Waals surface area (Å²) >= 11 is 0. The molecule has 2 N–H and O–H groups in total. The highest BCUT2D eigenvalue weighted by Gasteiger charge is 2.18. The molecule has 1 heterocycles. The monoisotopic (exact) mass is 414 g/mol. The summed E-state index contributed by atoms with van der Waals surface area (Å²) in [5.41, 5.74) is 1.49. The molecule has 0 saturated carbocycles. The maximum atomic E-state index is 13.1. The quantitative estimate of drug-likeness (QED) is 0.536. The van der Waals surface area contributed by atoms with Gasteiger partial charge in [0.2, 0.25) is 0 Å². The average molecular weight is 414 g/mol. The van der Waals surface area contributed by atoms with E-state index >= 15 is 0 Å². The second kappa shape index (κ2) is 10.6. The highest BCUT2D eigenvalue weighted by atomic mass is 19.1. The van der Waals surface area contributed by atoms with Crippen molar-refractivity contribution in [1.29, 1.82) is 0 Å². The fourth-order valence-corrected chi connectivity index (χ4v) is 3.39. The van der Waals surface area contributed by atoms with Gasteiger partial charge in [0.1, 0.15) is 11.6 Å². The lowest BCUT2D eigenvalue weighted by Crippen LogP contribution is -2.47. The molecule has 2 aromatic carbocycles. The number of methoxy groups -OCH3 is 1. The van der Waals surface area contributed by atoms with Crippen LogP contribution in [-0.2, 0) is 9.59 Å². The van der Waals surface area contributed by atoms with Gasteiger partial charge in [0.25, 0.3) is 0 Å². The molecular formula is C22H27FN4O3. The summed E-state index contributed by atoms with van der Waals surface area (Å²) in [7, 11) is 1.50. The van der Waals surface area contributed by atoms with Crippen LogP contribution < -0.4 is 20.3 Å². The number of nitrogens with one attached hydrogen (secondary N) is 2. The van der Waals surface area contributed by atoms with Crippen LogP contribution in [0.4, 0.5) is 15.8 Å². The molecule has 0 spiro atoms. The number of piperazine rings is 1. The summed E-state index contributed by atoms with van der Waals surface area (Å²) < 4.78 is 18.2. The Labute approximate surface area is 175 Å². The largest absolute Gasteiger partial charge is 0.495 e. The van der Waals surface area contributed by atoms with Crippen LogP contribution in [-0.4, -0.2) is 63.1 Å². The third-order valence-electron chi connectivity index (χ3n) is 5.06. The van der Waals surface area contributed by atoms with E-state index in [0.717, 1.165) is 44.8 Å². The van der Waals surface area contributed by atoms with Crippen molar-refractivity contribution in [2.24, 2.45) is 0 Å². The number of halogens is 1. The Kier molecular flexibility index (Phi) is 7.62. The summed E-state index contributed by atoms with van der Waals surface area (Å²) in [6, 6.07) is 13.5. The Bertz CT molecular complexity index is 852. The van der Waals surface area contributed by atoms with Crippen LogP contribution in [0.5, 0.6) is 5.75 Å². The van der Waals surface area contributed by atoms with Gasteiger partial charge in [0.15, 0.2) is 0 Å². The van der Waals surface area contributed by atoms with Crippen molar-refractivity contribution in [3.63, 3.8) is 0 Å². The maximum absolute atomic E-state index is 13.1. The van der Waals surface area contributed by atoms with Gasteiger partial charge in [-0.1, -0.05) is 12.1 Å². The van der Waals surface area contributed by atoms with Gasteiger partial charge in [0, 0.05) is 38.4 Å². The molecule has 1 fully saturated rings. The standard InChI is InChI=1S/C22H27FN4O3/c1-30-20-6-3-2-5-19(20)25-22(29)21(28)24-11-4-12-26-13-15-27(16-14-26)18-9-7-17(23)8-10-18/h2-3,5-10H,4,11-16H2,1H3,(H,24,28)(H,25,29). The Hall–Kier alpha value is -3.13. The molecule has 2 amide bonds. The van der Waals surface area contributed by atoms with Crippen LogP contribution in [0, 0.1) is 5.82 Å². The van der Waals surface area contributed by atoms with Crippen LogP contribution in [0.2, 0.25) is 0 Å². The van der Waals surface area contributed by atoms with Gasteiger partial charge in [-0.05, 0) is 49.4 Å². The molecule has 1 saturated heterocycles. The van der Waals surface area contributed by atoms with Crippen molar-refractivity contribution in [3.8, 4) is 5.75 Å². The predicted octanol–water partition coefficient (Wildman–Crippen LogP) is 2.10. The summed E-state index contributed by atoms with van der Waals surface area (Å²) in [4.78, 5) is 28.6. The second-order valence-electron chi connectivity index (χ2n) is 7.07. The van der Waals surface area contributed by atoms with E-state index in [1.165, 1.54) is 19.2 Å². The summed E-state index contributed by atoms with van der Waals surface area (Å²) in [5, 5.41) is 5.22. The Morgan fingerprint density at radius 2 is 1.70 bits per heavy atom. The first kappa shape index (κ1) is 21.6. The first-order valence-electron chi connectivity index (χ1n) is 10.0. The fourth-order valence-electron chi connectivity index (χ4n) is 3.39. The molecule has 8 heteroatoms. The molecular weight excluding hydrogens is 387 g/mol. The number of hydrogen-bond donors (Lipinski definition) is 2. The first-order valence-corrected chi connectivity index (χ1v) is 10.0. The minimum Gasteiger partial charge on any atom is -0.495 e. The highest BCUT2D eigenvalue weighted by molar-refractivity contribution is 6.39. The van der Waals surface area contributed by atoms with Gasteiger partial charge >= 0.3 is 11.8 Å². The normalized spacial score (nSPS) is 14.3. The predicted molar refractivity (Wildman–Crippen MR) is 114 cm³/mol. The number of para-hydroxylation sites is 2. The summed E-state index contributed by atoms with van der Waals surface area (Å²) in [6.45, 7) is 4.82. The zero-order chi connectivity index (χ0) is 21.3. The van der Waals surface area contributed by atoms with Crippen molar-refractivity contribution in [3.05, 3.63) is 54.3 Å². The van der Waals surface area contributed by atoms with Crippen LogP contribution in [0.1, 0.15) is 6.42 Å². The molecule has 0 unspecified atom stereocenters. The second-order valence-corrected chi connectivity index (χ2v) is 7.07. The van der Waals surface area contributed by atoms with Gasteiger partial charge in [0.05, 0.1) is 12.8 Å². The number of carbonyl (C=O) groups excluding carboxylic acids is 2. The third kappa shape index (κ3) is 5.93. The van der Waals surface area contributed by atoms with E-state index in [-0.39, 0.29) is 5.82 Å². The molecule has 0 aromatic heterocycles. The summed E-state index contributed by atoms with van der Waals surface area (Å²) in [6.07, 6.45) is 0.754. The fraction of sp³-hybridized carbons (Fsp3) is 0.364. The number of anilines is 2. The smallest absolute Gasteiger partial charge is 0.313 e. The van der Waals surface area contributed by atoms with Crippen LogP contribution in [0.3, 0.4) is 0 Å². The molecule has 160 valence electrons. The van der Waals surface area contributed by atoms with Crippen molar-refractivity contribution in [2.75, 3.05) is 56.6 Å². The molecule has 1 aliphatic rings. The number of ether oxygens (including phenoxy) is 1. The zero-order valence-electron chi connectivity index (χ0n) is 17.1. The van der Waals surface area contributed by atoms with E-state index in [0.29, 0.717) is 18.0 Å². The topological polar surface area (TPSA) is 73.9 Å². The number of benzene rings is 2. The van der Waals surface area contributed by atoms with E-state index in [9.17, 15) is 14.0 Å². The Morgan fingerprint density at radius 3 is 2.40 bits per heavy atom. The molecule has 0 atom stereocenters. The zero-order valence-corrected chi connectivity index (χ0v) is 17.1. The number of rotatable bonds is 7. The Morgan fingerprint density at radius 1 is 1.00 bits per heavy atom. The molecule has 3 rings (SSSR count). The van der Waals surface area contributed by atoms with Crippen molar-refractivity contribution < 1.29 is 18.7 Å².